The third-order valence-electron chi connectivity index (χ3n) is 4.72. The van der Waals surface area contributed by atoms with Gasteiger partial charge in [0.25, 0.3) is 5.91 Å². The molecule has 1 aromatic carbocycles. The molecule has 3 rings (SSSR count). The summed E-state index contributed by atoms with van der Waals surface area (Å²) in [6, 6.07) is 7.55. The van der Waals surface area contributed by atoms with Crippen molar-refractivity contribution >= 4 is 23.6 Å². The van der Waals surface area contributed by atoms with E-state index < -0.39 is 12.2 Å². The molecule has 0 radical (unpaired) electrons. The first-order valence-corrected chi connectivity index (χ1v) is 8.56. The van der Waals surface area contributed by atoms with Crippen LogP contribution in [0.1, 0.15) is 30.7 Å². The van der Waals surface area contributed by atoms with E-state index in [4.69, 9.17) is 21.4 Å². The van der Waals surface area contributed by atoms with Crippen molar-refractivity contribution in [2.45, 2.75) is 37.3 Å². The van der Waals surface area contributed by atoms with Crippen LogP contribution in [0.15, 0.2) is 24.3 Å². The van der Waals surface area contributed by atoms with Gasteiger partial charge in [-0.2, -0.15) is 0 Å². The van der Waals surface area contributed by atoms with Gasteiger partial charge in [-0.05, 0) is 37.0 Å². The van der Waals surface area contributed by atoms with E-state index in [2.05, 4.69) is 5.32 Å². The molecular weight excluding hydrogens is 332 g/mol. The molecule has 6 nitrogen and oxygen atoms in total. The number of carbonyl (C=O) groups is 2. The maximum atomic E-state index is 12.6. The Labute approximate surface area is 145 Å². The molecule has 2 heterocycles. The molecule has 0 aliphatic carbocycles. The van der Waals surface area contributed by atoms with Crippen LogP contribution in [0.5, 0.6) is 0 Å². The summed E-state index contributed by atoms with van der Waals surface area (Å²) >= 11 is 5.92. The number of likely N-dealkylation sites (tertiary alicyclic amines) is 1. The summed E-state index contributed by atoms with van der Waals surface area (Å²) in [5, 5.41) is 11.8. The van der Waals surface area contributed by atoms with Gasteiger partial charge >= 0.3 is 6.09 Å². The molecule has 0 bridgehead atoms. The second-order valence-electron chi connectivity index (χ2n) is 6.37. The number of hydrogen-bond donors (Lipinski definition) is 2. The molecule has 7 heteroatoms. The highest BCUT2D eigenvalue weighted by Gasteiger charge is 2.34. The van der Waals surface area contributed by atoms with Crippen molar-refractivity contribution in [3.05, 3.63) is 34.9 Å². The SMILES string of the molecule is O=C(O)N[C@@H]1CC[C@@H](C(=O)N2CCC(c3ccc(Cl)cc3)C2)OC1. The predicted molar refractivity (Wildman–Crippen MR) is 89.3 cm³/mol. The van der Waals surface area contributed by atoms with Gasteiger partial charge in [0.2, 0.25) is 0 Å². The molecule has 2 saturated heterocycles. The first-order valence-electron chi connectivity index (χ1n) is 8.18. The van der Waals surface area contributed by atoms with Gasteiger partial charge < -0.3 is 20.1 Å². The molecule has 130 valence electrons. The summed E-state index contributed by atoms with van der Waals surface area (Å²) in [4.78, 5) is 25.1. The fourth-order valence-corrected chi connectivity index (χ4v) is 3.53. The fraction of sp³-hybridized carbons (Fsp3) is 0.529. The van der Waals surface area contributed by atoms with Gasteiger partial charge in [0, 0.05) is 24.0 Å². The van der Waals surface area contributed by atoms with Gasteiger partial charge in [0.15, 0.2) is 0 Å². The number of ether oxygens (including phenoxy) is 1. The standard InChI is InChI=1S/C17H21ClN2O4/c18-13-3-1-11(2-4-13)12-7-8-20(9-12)16(21)15-6-5-14(10-24-15)19-17(22)23/h1-4,12,14-15,19H,5-10H2,(H,22,23)/t12?,14-,15+/m1/s1. The maximum Gasteiger partial charge on any atom is 0.404 e. The highest BCUT2D eigenvalue weighted by molar-refractivity contribution is 6.30. The highest BCUT2D eigenvalue weighted by Crippen LogP contribution is 2.29. The van der Waals surface area contributed by atoms with Gasteiger partial charge in [0.1, 0.15) is 6.10 Å². The lowest BCUT2D eigenvalue weighted by Crippen LogP contribution is -2.47. The van der Waals surface area contributed by atoms with Crippen LogP contribution in [0.4, 0.5) is 4.79 Å². The topological polar surface area (TPSA) is 78.9 Å². The normalized spacial score (nSPS) is 27.0. The molecule has 1 aromatic rings. The van der Waals surface area contributed by atoms with Crippen molar-refractivity contribution < 1.29 is 19.4 Å². The summed E-state index contributed by atoms with van der Waals surface area (Å²) in [6.45, 7) is 1.66. The summed E-state index contributed by atoms with van der Waals surface area (Å²) < 4.78 is 5.59. The Morgan fingerprint density at radius 2 is 1.96 bits per heavy atom. The Bertz CT molecular complexity index is 599. The lowest BCUT2D eigenvalue weighted by Gasteiger charge is -2.30. The van der Waals surface area contributed by atoms with Crippen LogP contribution in [0.25, 0.3) is 0 Å². The van der Waals surface area contributed by atoms with Crippen LogP contribution in [0.3, 0.4) is 0 Å². The van der Waals surface area contributed by atoms with Gasteiger partial charge in [0.05, 0.1) is 12.6 Å². The lowest BCUT2D eigenvalue weighted by atomic mass is 9.99. The Balaban J connectivity index is 1.52. The predicted octanol–water partition coefficient (Wildman–Crippen LogP) is 2.47. The molecule has 0 saturated carbocycles. The minimum Gasteiger partial charge on any atom is -0.465 e. The Morgan fingerprint density at radius 1 is 1.21 bits per heavy atom. The van der Waals surface area contributed by atoms with Crippen LogP contribution in [0, 0.1) is 0 Å². The van der Waals surface area contributed by atoms with Gasteiger partial charge in [-0.3, -0.25) is 4.79 Å². The largest absolute Gasteiger partial charge is 0.465 e. The molecule has 2 amide bonds. The Kier molecular flexibility index (Phi) is 5.26. The fourth-order valence-electron chi connectivity index (χ4n) is 3.41. The monoisotopic (exact) mass is 352 g/mol. The van der Waals surface area contributed by atoms with Crippen molar-refractivity contribution in [3.8, 4) is 0 Å². The third kappa shape index (κ3) is 3.99. The summed E-state index contributed by atoms with van der Waals surface area (Å²) in [6.07, 6.45) is 0.589. The molecule has 3 atom stereocenters. The molecule has 2 fully saturated rings. The van der Waals surface area contributed by atoms with Crippen LogP contribution >= 0.6 is 11.6 Å². The van der Waals surface area contributed by atoms with E-state index in [1.54, 1.807) is 0 Å². The number of rotatable bonds is 3. The number of nitrogens with zero attached hydrogens (tertiary/aromatic N) is 1. The number of benzene rings is 1. The van der Waals surface area contributed by atoms with Gasteiger partial charge in [-0.1, -0.05) is 23.7 Å². The second-order valence-corrected chi connectivity index (χ2v) is 6.80. The van der Waals surface area contributed by atoms with E-state index in [9.17, 15) is 9.59 Å². The number of nitrogens with one attached hydrogen (secondary N) is 1. The van der Waals surface area contributed by atoms with E-state index in [1.807, 2.05) is 29.2 Å². The maximum absolute atomic E-state index is 12.6. The summed E-state index contributed by atoms with van der Waals surface area (Å²) in [7, 11) is 0. The summed E-state index contributed by atoms with van der Waals surface area (Å²) in [5.41, 5.74) is 1.20. The van der Waals surface area contributed by atoms with E-state index in [0.717, 1.165) is 13.0 Å². The molecule has 24 heavy (non-hydrogen) atoms. The lowest BCUT2D eigenvalue weighted by molar-refractivity contribution is -0.146. The summed E-state index contributed by atoms with van der Waals surface area (Å²) in [5.74, 6) is 0.344. The molecule has 0 aromatic heterocycles. The van der Waals surface area contributed by atoms with E-state index in [-0.39, 0.29) is 18.6 Å². The quantitative estimate of drug-likeness (QED) is 0.876. The number of amides is 2. The number of carboxylic acid groups (broad SMARTS) is 1. The first-order chi connectivity index (χ1) is 11.5. The van der Waals surface area contributed by atoms with Crippen molar-refractivity contribution in [2.75, 3.05) is 19.7 Å². The molecule has 2 N–H and O–H groups in total. The zero-order chi connectivity index (χ0) is 17.1. The first kappa shape index (κ1) is 17.0. The highest BCUT2D eigenvalue weighted by atomic mass is 35.5. The Morgan fingerprint density at radius 3 is 2.58 bits per heavy atom. The Hall–Kier alpha value is -1.79. The molecule has 2 aliphatic heterocycles. The minimum atomic E-state index is -1.06. The number of carbonyl (C=O) groups excluding carboxylic acids is 1. The average molecular weight is 353 g/mol. The van der Waals surface area contributed by atoms with E-state index in [1.165, 1.54) is 5.56 Å². The van der Waals surface area contributed by atoms with Crippen LogP contribution in [-0.4, -0.2) is 53.8 Å². The molecule has 0 spiro atoms. The van der Waals surface area contributed by atoms with Crippen LogP contribution < -0.4 is 5.32 Å². The van der Waals surface area contributed by atoms with Gasteiger partial charge in [-0.25, -0.2) is 4.79 Å². The second kappa shape index (κ2) is 7.40. The van der Waals surface area contributed by atoms with E-state index >= 15 is 0 Å². The zero-order valence-corrected chi connectivity index (χ0v) is 14.0. The van der Waals surface area contributed by atoms with Gasteiger partial charge in [-0.15, -0.1) is 0 Å². The third-order valence-corrected chi connectivity index (χ3v) is 4.97. The number of halogens is 1. The van der Waals surface area contributed by atoms with Crippen molar-refractivity contribution in [1.82, 2.24) is 10.2 Å². The minimum absolute atomic E-state index is 0.0141. The van der Waals surface area contributed by atoms with E-state index in [0.29, 0.717) is 30.3 Å². The zero-order valence-electron chi connectivity index (χ0n) is 13.3. The smallest absolute Gasteiger partial charge is 0.404 e. The van der Waals surface area contributed by atoms with Crippen LogP contribution in [0.2, 0.25) is 5.02 Å². The number of hydrogen-bond acceptors (Lipinski definition) is 3. The van der Waals surface area contributed by atoms with Crippen LogP contribution in [-0.2, 0) is 9.53 Å². The molecule has 2 aliphatic rings. The average Bonchev–Trinajstić information content (AvgIpc) is 3.05. The molecular formula is C17H21ClN2O4. The van der Waals surface area contributed by atoms with Crippen molar-refractivity contribution in [3.63, 3.8) is 0 Å². The molecule has 1 unspecified atom stereocenters. The van der Waals surface area contributed by atoms with Crippen molar-refractivity contribution in [1.29, 1.82) is 0 Å². The van der Waals surface area contributed by atoms with Crippen molar-refractivity contribution in [2.24, 2.45) is 0 Å².